The lowest BCUT2D eigenvalue weighted by Gasteiger charge is -2.50. The maximum Gasteiger partial charge on any atom is 0.0419 e. The Hall–Kier alpha value is -0.820. The zero-order valence-corrected chi connectivity index (χ0v) is 13.4. The molecule has 1 nitrogen and oxygen atoms in total. The van der Waals surface area contributed by atoms with Gasteiger partial charge in [0.2, 0.25) is 0 Å². The van der Waals surface area contributed by atoms with Crippen LogP contribution in [0.2, 0.25) is 0 Å². The number of benzene rings is 1. The minimum Gasteiger partial charge on any atom is -0.321 e. The van der Waals surface area contributed by atoms with Gasteiger partial charge in [-0.25, -0.2) is 0 Å². The van der Waals surface area contributed by atoms with E-state index >= 15 is 0 Å². The normalized spacial score (nSPS) is 24.2. The Labute approximate surface area is 118 Å². The molecule has 1 aromatic rings. The average Bonchev–Trinajstić information content (AvgIpc) is 2.16. The van der Waals surface area contributed by atoms with E-state index in [4.69, 9.17) is 5.73 Å². The van der Waals surface area contributed by atoms with E-state index in [1.54, 1.807) is 0 Å². The lowest BCUT2D eigenvalue weighted by molar-refractivity contribution is 0.0470. The maximum absolute atomic E-state index is 6.85. The highest BCUT2D eigenvalue weighted by Gasteiger charge is 2.46. The summed E-state index contributed by atoms with van der Waals surface area (Å²) >= 11 is 0. The van der Waals surface area contributed by atoms with E-state index in [-0.39, 0.29) is 5.54 Å². The first-order valence-corrected chi connectivity index (χ1v) is 7.40. The Morgan fingerprint density at radius 3 is 1.84 bits per heavy atom. The largest absolute Gasteiger partial charge is 0.321 e. The molecule has 1 aliphatic rings. The lowest BCUT2D eigenvalue weighted by Crippen LogP contribution is -2.49. The summed E-state index contributed by atoms with van der Waals surface area (Å²) in [5.41, 5.74) is 11.3. The standard InChI is InChI=1S/C18H29N/c1-13-7-8-15(9-14(13)2)18(19)11-16(3,4)10-17(5,6)12-18/h7-9H,10-12,19H2,1-6H3. The van der Waals surface area contributed by atoms with Gasteiger partial charge in [0.1, 0.15) is 0 Å². The van der Waals surface area contributed by atoms with Gasteiger partial charge in [0.05, 0.1) is 0 Å². The quantitative estimate of drug-likeness (QED) is 0.777. The van der Waals surface area contributed by atoms with Crippen LogP contribution < -0.4 is 5.73 Å². The second-order valence-corrected chi connectivity index (χ2v) is 8.31. The van der Waals surface area contributed by atoms with Crippen molar-refractivity contribution in [1.29, 1.82) is 0 Å². The average molecular weight is 259 g/mol. The molecule has 1 aromatic carbocycles. The zero-order chi connectivity index (χ0) is 14.5. The van der Waals surface area contributed by atoms with Gasteiger partial charge in [-0.1, -0.05) is 45.9 Å². The van der Waals surface area contributed by atoms with Crippen LogP contribution in [0.25, 0.3) is 0 Å². The summed E-state index contributed by atoms with van der Waals surface area (Å²) in [6.07, 6.45) is 3.40. The molecule has 1 heteroatoms. The minimum atomic E-state index is -0.177. The predicted molar refractivity (Wildman–Crippen MR) is 83.2 cm³/mol. The van der Waals surface area contributed by atoms with E-state index in [0.717, 1.165) is 12.8 Å². The minimum absolute atomic E-state index is 0.177. The van der Waals surface area contributed by atoms with E-state index in [9.17, 15) is 0 Å². The smallest absolute Gasteiger partial charge is 0.0419 e. The molecule has 0 spiro atoms. The van der Waals surface area contributed by atoms with Gasteiger partial charge in [-0.3, -0.25) is 0 Å². The van der Waals surface area contributed by atoms with Crippen molar-refractivity contribution in [2.24, 2.45) is 16.6 Å². The SMILES string of the molecule is Cc1ccc(C2(N)CC(C)(C)CC(C)(C)C2)cc1C. The van der Waals surface area contributed by atoms with Crippen molar-refractivity contribution < 1.29 is 0 Å². The highest BCUT2D eigenvalue weighted by atomic mass is 14.8. The highest BCUT2D eigenvalue weighted by Crippen LogP contribution is 2.52. The van der Waals surface area contributed by atoms with Crippen LogP contribution in [0.5, 0.6) is 0 Å². The van der Waals surface area contributed by atoms with Gasteiger partial charge in [-0.15, -0.1) is 0 Å². The topological polar surface area (TPSA) is 26.0 Å². The van der Waals surface area contributed by atoms with E-state index in [2.05, 4.69) is 59.7 Å². The fraction of sp³-hybridized carbons (Fsp3) is 0.667. The van der Waals surface area contributed by atoms with Gasteiger partial charge >= 0.3 is 0 Å². The monoisotopic (exact) mass is 259 g/mol. The predicted octanol–water partition coefficient (Wildman–Crippen LogP) is 4.69. The van der Waals surface area contributed by atoms with Crippen LogP contribution in [0, 0.1) is 24.7 Å². The van der Waals surface area contributed by atoms with Crippen molar-refractivity contribution in [1.82, 2.24) is 0 Å². The summed E-state index contributed by atoms with van der Waals surface area (Å²) in [5, 5.41) is 0. The summed E-state index contributed by atoms with van der Waals surface area (Å²) in [4.78, 5) is 0. The van der Waals surface area contributed by atoms with Gasteiger partial charge in [0, 0.05) is 5.54 Å². The fourth-order valence-electron chi connectivity index (χ4n) is 4.45. The summed E-state index contributed by atoms with van der Waals surface area (Å²) in [6.45, 7) is 13.8. The molecule has 0 aromatic heterocycles. The van der Waals surface area contributed by atoms with Gasteiger partial charge in [-0.2, -0.15) is 0 Å². The number of hydrogen-bond donors (Lipinski definition) is 1. The second kappa shape index (κ2) is 4.34. The Bertz CT molecular complexity index is 466. The molecule has 19 heavy (non-hydrogen) atoms. The van der Waals surface area contributed by atoms with Crippen molar-refractivity contribution in [2.45, 2.75) is 66.3 Å². The summed E-state index contributed by atoms with van der Waals surface area (Å²) in [5.74, 6) is 0. The summed E-state index contributed by atoms with van der Waals surface area (Å²) < 4.78 is 0. The molecule has 2 rings (SSSR count). The molecule has 0 atom stereocenters. The van der Waals surface area contributed by atoms with Crippen LogP contribution in [-0.4, -0.2) is 0 Å². The molecular formula is C18H29N. The van der Waals surface area contributed by atoms with Crippen molar-refractivity contribution in [3.05, 3.63) is 34.9 Å². The Morgan fingerprint density at radius 2 is 1.37 bits per heavy atom. The lowest BCUT2D eigenvalue weighted by atomic mass is 9.57. The summed E-state index contributed by atoms with van der Waals surface area (Å²) in [7, 11) is 0. The number of nitrogens with two attached hydrogens (primary N) is 1. The van der Waals surface area contributed by atoms with Crippen molar-refractivity contribution in [2.75, 3.05) is 0 Å². The first kappa shape index (κ1) is 14.6. The van der Waals surface area contributed by atoms with Crippen LogP contribution in [0.4, 0.5) is 0 Å². The van der Waals surface area contributed by atoms with Crippen LogP contribution in [0.15, 0.2) is 18.2 Å². The third kappa shape index (κ3) is 3.02. The van der Waals surface area contributed by atoms with Gasteiger partial charge in [0.15, 0.2) is 0 Å². The van der Waals surface area contributed by atoms with E-state index in [0.29, 0.717) is 10.8 Å². The zero-order valence-electron chi connectivity index (χ0n) is 13.4. The molecule has 2 N–H and O–H groups in total. The van der Waals surface area contributed by atoms with Crippen LogP contribution in [0.3, 0.4) is 0 Å². The van der Waals surface area contributed by atoms with Gasteiger partial charge in [0.25, 0.3) is 0 Å². The van der Waals surface area contributed by atoms with Gasteiger partial charge < -0.3 is 5.73 Å². The van der Waals surface area contributed by atoms with Crippen LogP contribution in [-0.2, 0) is 5.54 Å². The molecule has 0 aliphatic heterocycles. The molecule has 0 radical (unpaired) electrons. The van der Waals surface area contributed by atoms with E-state index < -0.39 is 0 Å². The second-order valence-electron chi connectivity index (χ2n) is 8.31. The Kier molecular flexibility index (Phi) is 3.33. The molecule has 1 aliphatic carbocycles. The molecule has 0 heterocycles. The first-order valence-electron chi connectivity index (χ1n) is 7.40. The molecule has 106 valence electrons. The molecule has 0 amide bonds. The fourth-order valence-corrected chi connectivity index (χ4v) is 4.45. The van der Waals surface area contributed by atoms with Crippen molar-refractivity contribution in [3.8, 4) is 0 Å². The van der Waals surface area contributed by atoms with E-state index in [1.165, 1.54) is 23.1 Å². The molecule has 0 unspecified atom stereocenters. The number of hydrogen-bond acceptors (Lipinski definition) is 1. The third-order valence-corrected chi connectivity index (χ3v) is 4.63. The highest BCUT2D eigenvalue weighted by molar-refractivity contribution is 5.35. The van der Waals surface area contributed by atoms with Crippen molar-refractivity contribution in [3.63, 3.8) is 0 Å². The van der Waals surface area contributed by atoms with Crippen LogP contribution in [0.1, 0.15) is 63.6 Å². The molecular weight excluding hydrogens is 230 g/mol. The number of rotatable bonds is 1. The Balaban J connectivity index is 2.43. The maximum atomic E-state index is 6.85. The molecule has 0 bridgehead atoms. The molecule has 0 saturated heterocycles. The molecule has 1 fully saturated rings. The van der Waals surface area contributed by atoms with Crippen LogP contribution >= 0.6 is 0 Å². The van der Waals surface area contributed by atoms with E-state index in [1.807, 2.05) is 0 Å². The molecule has 1 saturated carbocycles. The number of aryl methyl sites for hydroxylation is 2. The van der Waals surface area contributed by atoms with Crippen molar-refractivity contribution >= 4 is 0 Å². The van der Waals surface area contributed by atoms with Gasteiger partial charge in [-0.05, 0) is 60.6 Å². The Morgan fingerprint density at radius 1 is 0.842 bits per heavy atom. The first-order chi connectivity index (χ1) is 8.53. The summed E-state index contributed by atoms with van der Waals surface area (Å²) in [6, 6.07) is 6.75. The third-order valence-electron chi connectivity index (χ3n) is 4.63.